The molecule has 0 saturated carbocycles. The Hall–Kier alpha value is -1.86. The van der Waals surface area contributed by atoms with Gasteiger partial charge in [-0.25, -0.2) is 0 Å². The smallest absolute Gasteiger partial charge is 0.254 e. The Morgan fingerprint density at radius 1 is 1.45 bits per heavy atom. The van der Waals surface area contributed by atoms with Crippen molar-refractivity contribution in [2.45, 2.75) is 17.9 Å². The van der Waals surface area contributed by atoms with Crippen molar-refractivity contribution in [3.05, 3.63) is 41.5 Å². The first kappa shape index (κ1) is 15.1. The monoisotopic (exact) mass is 319 g/mol. The van der Waals surface area contributed by atoms with E-state index in [4.69, 9.17) is 9.26 Å². The lowest BCUT2D eigenvalue weighted by Gasteiger charge is -2.31. The number of aromatic nitrogens is 2. The topological polar surface area (TPSA) is 68.5 Å². The molecule has 2 heterocycles. The highest BCUT2D eigenvalue weighted by Crippen LogP contribution is 2.24. The second kappa shape index (κ2) is 6.50. The van der Waals surface area contributed by atoms with Crippen molar-refractivity contribution in [2.75, 3.05) is 26.0 Å². The number of carbonyl (C=O) groups excluding carboxylic acids is 1. The summed E-state index contributed by atoms with van der Waals surface area (Å²) < 4.78 is 10.4. The van der Waals surface area contributed by atoms with E-state index in [9.17, 15) is 4.79 Å². The summed E-state index contributed by atoms with van der Waals surface area (Å²) in [6.45, 7) is 3.41. The Morgan fingerprint density at radius 2 is 2.32 bits per heavy atom. The number of nitrogens with zero attached hydrogens (tertiary/aromatic N) is 3. The van der Waals surface area contributed by atoms with E-state index in [-0.39, 0.29) is 12.0 Å². The Morgan fingerprint density at radius 3 is 3.05 bits per heavy atom. The molecule has 7 heteroatoms. The first-order valence-corrected chi connectivity index (χ1v) is 8.23. The van der Waals surface area contributed by atoms with Gasteiger partial charge >= 0.3 is 0 Å². The molecular formula is C15H17N3O3S. The van der Waals surface area contributed by atoms with Crippen molar-refractivity contribution in [3.8, 4) is 0 Å². The van der Waals surface area contributed by atoms with Crippen LogP contribution in [-0.4, -0.2) is 46.9 Å². The van der Waals surface area contributed by atoms with Gasteiger partial charge in [0.15, 0.2) is 0 Å². The van der Waals surface area contributed by atoms with Crippen molar-refractivity contribution in [3.63, 3.8) is 0 Å². The molecule has 0 radical (unpaired) electrons. The Bertz CT molecular complexity index is 660. The van der Waals surface area contributed by atoms with Crippen LogP contribution in [0.15, 0.2) is 34.0 Å². The summed E-state index contributed by atoms with van der Waals surface area (Å²) in [5.74, 6) is 0.497. The molecule has 1 fully saturated rings. The minimum Gasteiger partial charge on any atom is -0.366 e. The quantitative estimate of drug-likeness (QED) is 0.809. The molecule has 1 atom stereocenters. The number of ether oxygens (including phenoxy) is 1. The van der Waals surface area contributed by atoms with Gasteiger partial charge in [-0.15, -0.1) is 11.8 Å². The maximum atomic E-state index is 12.8. The zero-order valence-corrected chi connectivity index (χ0v) is 13.3. The van der Waals surface area contributed by atoms with Crippen LogP contribution in [0.25, 0.3) is 0 Å². The minimum absolute atomic E-state index is 0.0187. The lowest BCUT2D eigenvalue weighted by atomic mass is 10.1. The summed E-state index contributed by atoms with van der Waals surface area (Å²) in [5.41, 5.74) is 1.71. The Kier molecular flexibility index (Phi) is 4.44. The Balaban J connectivity index is 1.80. The highest BCUT2D eigenvalue weighted by Gasteiger charge is 2.29. The number of carbonyl (C=O) groups is 1. The van der Waals surface area contributed by atoms with Crippen LogP contribution in [0, 0.1) is 6.92 Å². The van der Waals surface area contributed by atoms with Gasteiger partial charge in [0.25, 0.3) is 5.91 Å². The zero-order valence-electron chi connectivity index (χ0n) is 12.5. The van der Waals surface area contributed by atoms with Crippen molar-refractivity contribution in [2.24, 2.45) is 0 Å². The number of amides is 1. The molecule has 1 saturated heterocycles. The molecule has 2 aromatic rings. The van der Waals surface area contributed by atoms with E-state index in [1.54, 1.807) is 16.7 Å². The van der Waals surface area contributed by atoms with Gasteiger partial charge in [-0.3, -0.25) is 4.79 Å². The predicted molar refractivity (Wildman–Crippen MR) is 81.9 cm³/mol. The lowest BCUT2D eigenvalue weighted by Crippen LogP contribution is -2.42. The van der Waals surface area contributed by atoms with Gasteiger partial charge in [-0.1, -0.05) is 11.2 Å². The van der Waals surface area contributed by atoms with E-state index in [0.29, 0.717) is 25.5 Å². The number of benzene rings is 1. The van der Waals surface area contributed by atoms with E-state index < -0.39 is 0 Å². The second-order valence-electron chi connectivity index (χ2n) is 5.08. The summed E-state index contributed by atoms with van der Waals surface area (Å²) in [7, 11) is 0. The van der Waals surface area contributed by atoms with Crippen LogP contribution in [0.5, 0.6) is 0 Å². The first-order chi connectivity index (χ1) is 10.7. The van der Waals surface area contributed by atoms with E-state index in [1.165, 1.54) is 6.39 Å². The van der Waals surface area contributed by atoms with Gasteiger partial charge in [0.1, 0.15) is 6.10 Å². The predicted octanol–water partition coefficient (Wildman–Crippen LogP) is 2.31. The fourth-order valence-corrected chi connectivity index (χ4v) is 2.88. The largest absolute Gasteiger partial charge is 0.366 e. The SMILES string of the molecule is CSc1ccc(C)c(C(=O)N2CCOC(c3ncon3)C2)c1. The molecule has 1 amide bonds. The third-order valence-corrected chi connectivity index (χ3v) is 4.42. The minimum atomic E-state index is -0.333. The third kappa shape index (κ3) is 3.00. The fraction of sp³-hybridized carbons (Fsp3) is 0.400. The molecule has 116 valence electrons. The summed E-state index contributed by atoms with van der Waals surface area (Å²) in [4.78, 5) is 19.7. The maximum absolute atomic E-state index is 12.8. The van der Waals surface area contributed by atoms with Crippen LogP contribution < -0.4 is 0 Å². The molecule has 6 nitrogen and oxygen atoms in total. The third-order valence-electron chi connectivity index (χ3n) is 3.70. The van der Waals surface area contributed by atoms with Crippen LogP contribution in [0.4, 0.5) is 0 Å². The summed E-state index contributed by atoms with van der Waals surface area (Å²) in [5, 5.41) is 3.80. The van der Waals surface area contributed by atoms with E-state index >= 15 is 0 Å². The number of rotatable bonds is 3. The number of morpholine rings is 1. The van der Waals surface area contributed by atoms with Gasteiger partial charge < -0.3 is 14.2 Å². The zero-order chi connectivity index (χ0) is 15.5. The maximum Gasteiger partial charge on any atom is 0.254 e. The van der Waals surface area contributed by atoms with E-state index in [2.05, 4.69) is 10.1 Å². The fourth-order valence-electron chi connectivity index (χ4n) is 2.44. The molecule has 1 aliphatic heterocycles. The molecule has 0 spiro atoms. The van der Waals surface area contributed by atoms with Gasteiger partial charge in [-0.2, -0.15) is 4.98 Å². The van der Waals surface area contributed by atoms with Crippen LogP contribution in [-0.2, 0) is 4.74 Å². The molecule has 1 unspecified atom stereocenters. The average molecular weight is 319 g/mol. The average Bonchev–Trinajstić information content (AvgIpc) is 3.09. The van der Waals surface area contributed by atoms with Crippen LogP contribution in [0.2, 0.25) is 0 Å². The molecule has 0 N–H and O–H groups in total. The van der Waals surface area contributed by atoms with Gasteiger partial charge in [0, 0.05) is 17.0 Å². The Labute approximate surface area is 132 Å². The molecule has 1 aromatic carbocycles. The van der Waals surface area contributed by atoms with Crippen molar-refractivity contribution >= 4 is 17.7 Å². The van der Waals surface area contributed by atoms with E-state index in [0.717, 1.165) is 16.0 Å². The van der Waals surface area contributed by atoms with Crippen molar-refractivity contribution < 1.29 is 14.1 Å². The molecule has 0 bridgehead atoms. The summed E-state index contributed by atoms with van der Waals surface area (Å²) in [6.07, 6.45) is 2.94. The first-order valence-electron chi connectivity index (χ1n) is 7.01. The number of hydrogen-bond donors (Lipinski definition) is 0. The summed E-state index contributed by atoms with van der Waals surface area (Å²) in [6, 6.07) is 5.95. The van der Waals surface area contributed by atoms with Crippen molar-refractivity contribution in [1.82, 2.24) is 15.0 Å². The number of thioether (sulfide) groups is 1. The van der Waals surface area contributed by atoms with Crippen molar-refractivity contribution in [1.29, 1.82) is 0 Å². The number of hydrogen-bond acceptors (Lipinski definition) is 6. The normalized spacial score (nSPS) is 18.5. The van der Waals surface area contributed by atoms with Gasteiger partial charge in [0.2, 0.25) is 12.2 Å². The lowest BCUT2D eigenvalue weighted by molar-refractivity contribution is -0.0276. The van der Waals surface area contributed by atoms with Crippen LogP contribution in [0.3, 0.4) is 0 Å². The molecular weight excluding hydrogens is 302 g/mol. The highest BCUT2D eigenvalue weighted by atomic mass is 32.2. The summed E-state index contributed by atoms with van der Waals surface area (Å²) >= 11 is 1.63. The second-order valence-corrected chi connectivity index (χ2v) is 5.96. The molecule has 22 heavy (non-hydrogen) atoms. The molecule has 1 aliphatic rings. The van der Waals surface area contributed by atoms with Gasteiger partial charge in [-0.05, 0) is 30.9 Å². The van der Waals surface area contributed by atoms with Crippen LogP contribution >= 0.6 is 11.8 Å². The van der Waals surface area contributed by atoms with Gasteiger partial charge in [0.05, 0.1) is 13.2 Å². The number of aryl methyl sites for hydroxylation is 1. The molecule has 3 rings (SSSR count). The molecule has 1 aromatic heterocycles. The van der Waals surface area contributed by atoms with E-state index in [1.807, 2.05) is 31.4 Å². The highest BCUT2D eigenvalue weighted by molar-refractivity contribution is 7.98. The molecule has 0 aliphatic carbocycles. The van der Waals surface area contributed by atoms with Crippen LogP contribution in [0.1, 0.15) is 27.8 Å². The standard InChI is InChI=1S/C15H17N3O3S/c1-10-3-4-11(22-2)7-12(10)15(19)18-5-6-20-13(8-18)14-16-9-21-17-14/h3-4,7,9,13H,5-6,8H2,1-2H3.